The zero-order chi connectivity index (χ0) is 11.2. The summed E-state index contributed by atoms with van der Waals surface area (Å²) in [5.74, 6) is -2.43. The first-order chi connectivity index (χ1) is 6.89. The molecule has 16 heavy (non-hydrogen) atoms. The van der Waals surface area contributed by atoms with Crippen molar-refractivity contribution in [1.82, 2.24) is 0 Å². The summed E-state index contributed by atoms with van der Waals surface area (Å²) in [4.78, 5) is 0. The summed E-state index contributed by atoms with van der Waals surface area (Å²) >= 11 is 0. The highest BCUT2D eigenvalue weighted by Crippen LogP contribution is 2.58. The average molecular weight is 256 g/mol. The van der Waals surface area contributed by atoms with Gasteiger partial charge in [0, 0.05) is 25.5 Å². The van der Waals surface area contributed by atoms with E-state index in [0.29, 0.717) is 19.4 Å². The van der Waals surface area contributed by atoms with Crippen molar-refractivity contribution in [3.63, 3.8) is 0 Å². The monoisotopic (exact) mass is 255 g/mol. The molecule has 2 fully saturated rings. The van der Waals surface area contributed by atoms with E-state index >= 15 is 0 Å². The summed E-state index contributed by atoms with van der Waals surface area (Å²) in [5.41, 5.74) is 5.93. The predicted octanol–water partition coefficient (Wildman–Crippen LogP) is 2.74. The molecule has 5 heteroatoms. The molecule has 0 saturated heterocycles. The van der Waals surface area contributed by atoms with Gasteiger partial charge in [0.2, 0.25) is 5.92 Å². The van der Waals surface area contributed by atoms with Gasteiger partial charge in [0.05, 0.1) is 6.61 Å². The molecule has 0 bridgehead atoms. The minimum absolute atomic E-state index is 0. The molecule has 0 atom stereocenters. The van der Waals surface area contributed by atoms with E-state index < -0.39 is 5.92 Å². The van der Waals surface area contributed by atoms with E-state index in [4.69, 9.17) is 10.5 Å². The number of methoxy groups -OCH3 is 1. The van der Waals surface area contributed by atoms with Crippen LogP contribution in [0.25, 0.3) is 0 Å². The lowest BCUT2D eigenvalue weighted by Gasteiger charge is -2.57. The van der Waals surface area contributed by atoms with Crippen molar-refractivity contribution in [3.8, 4) is 0 Å². The van der Waals surface area contributed by atoms with Gasteiger partial charge in [-0.1, -0.05) is 0 Å². The normalized spacial score (nSPS) is 29.2. The molecule has 2 aliphatic carbocycles. The maximum Gasteiger partial charge on any atom is 0.248 e. The van der Waals surface area contributed by atoms with Crippen LogP contribution in [0.15, 0.2) is 0 Å². The number of hydrogen-bond acceptors (Lipinski definition) is 2. The Morgan fingerprint density at radius 1 is 1.12 bits per heavy atom. The molecule has 2 aliphatic rings. The fraction of sp³-hybridized carbons (Fsp3) is 1.00. The zero-order valence-corrected chi connectivity index (χ0v) is 10.4. The largest absolute Gasteiger partial charge is 0.383 e. The number of rotatable bonds is 2. The third kappa shape index (κ3) is 2.66. The van der Waals surface area contributed by atoms with Gasteiger partial charge < -0.3 is 10.5 Å². The van der Waals surface area contributed by atoms with Crippen LogP contribution in [-0.2, 0) is 4.74 Å². The predicted molar refractivity (Wildman–Crippen MR) is 61.1 cm³/mol. The van der Waals surface area contributed by atoms with Gasteiger partial charge in [-0.3, -0.25) is 0 Å². The Bertz CT molecular complexity index is 242. The van der Waals surface area contributed by atoms with Crippen LogP contribution in [-0.4, -0.2) is 25.2 Å². The molecule has 1 spiro atoms. The lowest BCUT2D eigenvalue weighted by atomic mass is 9.52. The number of halogens is 3. The second-order valence-electron chi connectivity index (χ2n) is 5.50. The third-order valence-corrected chi connectivity index (χ3v) is 3.93. The first-order valence-corrected chi connectivity index (χ1v) is 5.55. The van der Waals surface area contributed by atoms with E-state index in [1.165, 1.54) is 0 Å². The smallest absolute Gasteiger partial charge is 0.248 e. The van der Waals surface area contributed by atoms with E-state index in [1.807, 2.05) is 0 Å². The first-order valence-electron chi connectivity index (χ1n) is 5.55. The highest BCUT2D eigenvalue weighted by molar-refractivity contribution is 5.85. The van der Waals surface area contributed by atoms with E-state index in [1.54, 1.807) is 7.11 Å². The van der Waals surface area contributed by atoms with Crippen molar-refractivity contribution < 1.29 is 13.5 Å². The van der Waals surface area contributed by atoms with Crippen molar-refractivity contribution in [3.05, 3.63) is 0 Å². The molecule has 2 N–H and O–H groups in total. The molecule has 0 aromatic heterocycles. The van der Waals surface area contributed by atoms with Gasteiger partial charge in [-0.15, -0.1) is 12.4 Å². The molecule has 2 nitrogen and oxygen atoms in total. The number of hydrogen-bond donors (Lipinski definition) is 1. The fourth-order valence-corrected chi connectivity index (χ4v) is 3.33. The lowest BCUT2D eigenvalue weighted by Crippen LogP contribution is -2.62. The molecule has 2 saturated carbocycles. The minimum atomic E-state index is -2.43. The maximum atomic E-state index is 13.0. The van der Waals surface area contributed by atoms with Crippen molar-refractivity contribution >= 4 is 12.4 Å². The molecular formula is C11H20ClF2NO. The summed E-state index contributed by atoms with van der Waals surface area (Å²) < 4.78 is 31.0. The molecule has 0 aromatic rings. The molecule has 0 radical (unpaired) electrons. The van der Waals surface area contributed by atoms with Gasteiger partial charge in [0.25, 0.3) is 0 Å². The molecule has 2 rings (SSSR count). The highest BCUT2D eigenvalue weighted by Gasteiger charge is 2.55. The molecule has 0 unspecified atom stereocenters. The second-order valence-corrected chi connectivity index (χ2v) is 5.50. The topological polar surface area (TPSA) is 35.2 Å². The molecule has 0 heterocycles. The lowest BCUT2D eigenvalue weighted by molar-refractivity contribution is -0.117. The average Bonchev–Trinajstić information content (AvgIpc) is 2.08. The van der Waals surface area contributed by atoms with Crippen molar-refractivity contribution in [2.45, 2.75) is 50.0 Å². The second kappa shape index (κ2) is 4.39. The van der Waals surface area contributed by atoms with Gasteiger partial charge in [-0.25, -0.2) is 8.78 Å². The maximum absolute atomic E-state index is 13.0. The van der Waals surface area contributed by atoms with Crippen molar-refractivity contribution in [2.24, 2.45) is 11.1 Å². The van der Waals surface area contributed by atoms with Crippen molar-refractivity contribution in [1.29, 1.82) is 0 Å². The van der Waals surface area contributed by atoms with Crippen LogP contribution in [0.1, 0.15) is 38.5 Å². The number of nitrogens with two attached hydrogens (primary N) is 1. The van der Waals surface area contributed by atoms with E-state index in [2.05, 4.69) is 0 Å². The summed E-state index contributed by atoms with van der Waals surface area (Å²) in [5, 5.41) is 0. The third-order valence-electron chi connectivity index (χ3n) is 3.93. The first kappa shape index (κ1) is 14.1. The summed E-state index contributed by atoms with van der Waals surface area (Å²) in [7, 11) is 1.63. The van der Waals surface area contributed by atoms with Crippen LogP contribution in [0.2, 0.25) is 0 Å². The van der Waals surface area contributed by atoms with Gasteiger partial charge in [0.15, 0.2) is 0 Å². The van der Waals surface area contributed by atoms with Crippen molar-refractivity contribution in [2.75, 3.05) is 13.7 Å². The standard InChI is InChI=1S/C11H19F2NO.ClH/c1-15-8-10(14)6-9(7-10)2-4-11(12,13)5-3-9;/h2-8,14H2,1H3;1H. The van der Waals surface area contributed by atoms with Crippen LogP contribution in [0, 0.1) is 5.41 Å². The zero-order valence-electron chi connectivity index (χ0n) is 9.60. The summed E-state index contributed by atoms with van der Waals surface area (Å²) in [6.07, 6.45) is 3.03. The SMILES string of the molecule is COCC1(N)CC2(CCC(F)(F)CC2)C1.Cl. The van der Waals surface area contributed by atoms with E-state index in [9.17, 15) is 8.78 Å². The van der Waals surface area contributed by atoms with Crippen LogP contribution in [0.5, 0.6) is 0 Å². The Balaban J connectivity index is 0.00000128. The quantitative estimate of drug-likeness (QED) is 0.824. The van der Waals surface area contributed by atoms with Gasteiger partial charge >= 0.3 is 0 Å². The highest BCUT2D eigenvalue weighted by atomic mass is 35.5. The summed E-state index contributed by atoms with van der Waals surface area (Å²) in [6.45, 7) is 0.547. The van der Waals surface area contributed by atoms with Crippen LogP contribution in [0.3, 0.4) is 0 Å². The number of ether oxygens (including phenoxy) is 1. The Kier molecular flexibility index (Phi) is 3.88. The Labute approximate surface area is 101 Å². The summed E-state index contributed by atoms with van der Waals surface area (Å²) in [6, 6.07) is 0. The molecule has 0 aliphatic heterocycles. The van der Waals surface area contributed by atoms with Crippen LogP contribution >= 0.6 is 12.4 Å². The van der Waals surface area contributed by atoms with Gasteiger partial charge in [-0.2, -0.15) is 0 Å². The van der Waals surface area contributed by atoms with Gasteiger partial charge in [-0.05, 0) is 31.1 Å². The number of alkyl halides is 2. The van der Waals surface area contributed by atoms with E-state index in [-0.39, 0.29) is 36.2 Å². The van der Waals surface area contributed by atoms with E-state index in [0.717, 1.165) is 12.8 Å². The van der Waals surface area contributed by atoms with Gasteiger partial charge in [0.1, 0.15) is 0 Å². The Hall–Kier alpha value is 0.0700. The molecule has 0 aromatic carbocycles. The Morgan fingerprint density at radius 3 is 2.06 bits per heavy atom. The fourth-order valence-electron chi connectivity index (χ4n) is 3.33. The molecule has 0 amide bonds. The molecular weight excluding hydrogens is 236 g/mol. The van der Waals surface area contributed by atoms with Crippen LogP contribution in [0.4, 0.5) is 8.78 Å². The minimum Gasteiger partial charge on any atom is -0.383 e. The van der Waals surface area contributed by atoms with Crippen LogP contribution < -0.4 is 5.73 Å². The molecule has 96 valence electrons. The Morgan fingerprint density at radius 2 is 1.62 bits per heavy atom.